The maximum absolute atomic E-state index is 13.0. The van der Waals surface area contributed by atoms with Crippen molar-refractivity contribution in [3.63, 3.8) is 0 Å². The average Bonchev–Trinajstić information content (AvgIpc) is 3.26. The van der Waals surface area contributed by atoms with E-state index in [1.165, 1.54) is 6.20 Å². The van der Waals surface area contributed by atoms with Crippen LogP contribution in [0.1, 0.15) is 71.9 Å². The first kappa shape index (κ1) is 21.0. The molecule has 3 aromatic rings. The molecule has 0 spiro atoms. The Morgan fingerprint density at radius 1 is 1.32 bits per heavy atom. The van der Waals surface area contributed by atoms with E-state index < -0.39 is 5.60 Å². The highest BCUT2D eigenvalue weighted by molar-refractivity contribution is 6.09. The molecule has 1 aromatic carbocycles. The number of fused-ring (bicyclic) bond motifs is 2. The van der Waals surface area contributed by atoms with E-state index in [2.05, 4.69) is 15.4 Å². The number of benzene rings is 1. The summed E-state index contributed by atoms with van der Waals surface area (Å²) >= 11 is 0. The van der Waals surface area contributed by atoms with Crippen molar-refractivity contribution < 1.29 is 14.7 Å². The second-order valence-electron chi connectivity index (χ2n) is 8.94. The second-order valence-corrected chi connectivity index (χ2v) is 8.94. The summed E-state index contributed by atoms with van der Waals surface area (Å²) in [6.07, 6.45) is 5.36. The molecule has 2 N–H and O–H groups in total. The van der Waals surface area contributed by atoms with Crippen LogP contribution in [0.4, 0.5) is 5.69 Å². The molecule has 1 aliphatic heterocycles. The van der Waals surface area contributed by atoms with Crippen molar-refractivity contribution in [3.8, 4) is 0 Å². The number of nitrogens with zero attached hydrogens (tertiary/aromatic N) is 4. The van der Waals surface area contributed by atoms with Crippen LogP contribution in [0.3, 0.4) is 0 Å². The van der Waals surface area contributed by atoms with Gasteiger partial charge in [0.2, 0.25) is 0 Å². The van der Waals surface area contributed by atoms with Crippen molar-refractivity contribution in [1.82, 2.24) is 19.5 Å². The van der Waals surface area contributed by atoms with E-state index in [1.807, 2.05) is 26.0 Å². The topological polar surface area (TPSA) is 99.8 Å². The van der Waals surface area contributed by atoms with E-state index in [-0.39, 0.29) is 17.7 Å². The predicted molar refractivity (Wildman–Crippen MR) is 117 cm³/mol. The van der Waals surface area contributed by atoms with E-state index >= 15 is 0 Å². The van der Waals surface area contributed by atoms with Gasteiger partial charge in [0.15, 0.2) is 5.65 Å². The summed E-state index contributed by atoms with van der Waals surface area (Å²) in [6.45, 7) is 8.47. The van der Waals surface area contributed by atoms with Gasteiger partial charge in [0.25, 0.3) is 11.8 Å². The zero-order valence-electron chi connectivity index (χ0n) is 18.2. The van der Waals surface area contributed by atoms with Crippen LogP contribution >= 0.6 is 0 Å². The van der Waals surface area contributed by atoms with Crippen LogP contribution in [0.2, 0.25) is 0 Å². The first-order valence-electron chi connectivity index (χ1n) is 10.4. The van der Waals surface area contributed by atoms with Crippen LogP contribution in [0.5, 0.6) is 0 Å². The van der Waals surface area contributed by atoms with Gasteiger partial charge in [0.05, 0.1) is 11.8 Å². The molecule has 0 bridgehead atoms. The number of hydrogen-bond acceptors (Lipinski definition) is 5. The molecule has 8 nitrogen and oxygen atoms in total. The quantitative estimate of drug-likeness (QED) is 0.637. The SMILES string of the molecule is CC(C)c1cc2c(cc1NC(=O)c1cnn3cccnc13)CN(CCC(C)(C)O)C2=O. The van der Waals surface area contributed by atoms with Crippen LogP contribution in [0.25, 0.3) is 5.65 Å². The molecule has 0 atom stereocenters. The van der Waals surface area contributed by atoms with Gasteiger partial charge in [-0.25, -0.2) is 9.50 Å². The van der Waals surface area contributed by atoms with E-state index in [0.717, 1.165) is 11.1 Å². The van der Waals surface area contributed by atoms with Crippen LogP contribution < -0.4 is 5.32 Å². The van der Waals surface area contributed by atoms with Gasteiger partial charge in [-0.2, -0.15) is 5.10 Å². The first-order chi connectivity index (χ1) is 14.6. The lowest BCUT2D eigenvalue weighted by Gasteiger charge is -2.22. The molecule has 0 radical (unpaired) electrons. The maximum atomic E-state index is 13.0. The van der Waals surface area contributed by atoms with Crippen LogP contribution in [-0.4, -0.2) is 48.6 Å². The predicted octanol–water partition coefficient (Wildman–Crippen LogP) is 3.22. The molecule has 2 aromatic heterocycles. The lowest BCUT2D eigenvalue weighted by Crippen LogP contribution is -2.31. The summed E-state index contributed by atoms with van der Waals surface area (Å²) in [5.41, 5.74) is 3.16. The molecule has 3 heterocycles. The smallest absolute Gasteiger partial charge is 0.261 e. The van der Waals surface area contributed by atoms with E-state index in [9.17, 15) is 14.7 Å². The Balaban J connectivity index is 1.62. The van der Waals surface area contributed by atoms with Gasteiger partial charge in [-0.3, -0.25) is 9.59 Å². The Morgan fingerprint density at radius 2 is 2.10 bits per heavy atom. The number of nitrogens with one attached hydrogen (secondary N) is 1. The molecule has 1 aliphatic rings. The minimum absolute atomic E-state index is 0.0362. The van der Waals surface area contributed by atoms with Crippen molar-refractivity contribution in [2.45, 2.75) is 52.2 Å². The average molecular weight is 422 g/mol. The van der Waals surface area contributed by atoms with Gasteiger partial charge in [-0.1, -0.05) is 13.8 Å². The largest absolute Gasteiger partial charge is 0.390 e. The molecule has 8 heteroatoms. The van der Waals surface area contributed by atoms with Crippen LogP contribution in [0, 0.1) is 0 Å². The molecule has 0 aliphatic carbocycles. The monoisotopic (exact) mass is 421 g/mol. The fourth-order valence-corrected chi connectivity index (χ4v) is 3.79. The molecular weight excluding hydrogens is 394 g/mol. The summed E-state index contributed by atoms with van der Waals surface area (Å²) < 4.78 is 1.56. The van der Waals surface area contributed by atoms with Crippen molar-refractivity contribution >= 4 is 23.1 Å². The van der Waals surface area contributed by atoms with E-state index in [4.69, 9.17) is 0 Å². The number of aromatic nitrogens is 3. The Labute approximate surface area is 180 Å². The Hall–Kier alpha value is -3.26. The van der Waals surface area contributed by atoms with Gasteiger partial charge in [0, 0.05) is 36.7 Å². The standard InChI is InChI=1S/C23H27N5O3/c1-14(2)16-11-17-15(13-27(22(17)30)9-6-23(3,4)31)10-19(16)26-21(29)18-12-25-28-8-5-7-24-20(18)28/h5,7-8,10-12,14,31H,6,9,13H2,1-4H3,(H,26,29). The third kappa shape index (κ3) is 4.16. The fraction of sp³-hybridized carbons (Fsp3) is 0.391. The van der Waals surface area contributed by atoms with Crippen molar-refractivity contribution in [2.24, 2.45) is 0 Å². The molecule has 162 valence electrons. The van der Waals surface area contributed by atoms with Gasteiger partial charge in [-0.15, -0.1) is 0 Å². The number of rotatable bonds is 6. The molecule has 0 saturated carbocycles. The maximum Gasteiger partial charge on any atom is 0.261 e. The molecule has 4 rings (SSSR count). The molecule has 0 unspecified atom stereocenters. The van der Waals surface area contributed by atoms with Crippen molar-refractivity contribution in [3.05, 3.63) is 59.0 Å². The first-order valence-corrected chi connectivity index (χ1v) is 10.4. The number of carbonyl (C=O) groups excluding carboxylic acids is 2. The highest BCUT2D eigenvalue weighted by Crippen LogP contribution is 2.33. The number of carbonyl (C=O) groups is 2. The normalized spacial score (nSPS) is 13.9. The van der Waals surface area contributed by atoms with Crippen LogP contribution in [-0.2, 0) is 6.54 Å². The van der Waals surface area contributed by atoms with Gasteiger partial charge < -0.3 is 15.3 Å². The summed E-state index contributed by atoms with van der Waals surface area (Å²) in [5, 5.41) is 17.2. The minimum atomic E-state index is -0.834. The Morgan fingerprint density at radius 3 is 2.81 bits per heavy atom. The molecule has 0 fully saturated rings. The Kier molecular flexibility index (Phi) is 5.26. The number of aliphatic hydroxyl groups is 1. The van der Waals surface area contributed by atoms with Gasteiger partial charge in [-0.05, 0) is 55.5 Å². The van der Waals surface area contributed by atoms with E-state index in [1.54, 1.807) is 41.7 Å². The lowest BCUT2D eigenvalue weighted by atomic mass is 9.96. The Bertz CT molecular complexity index is 1160. The van der Waals surface area contributed by atoms with Crippen LogP contribution in [0.15, 0.2) is 36.8 Å². The highest BCUT2D eigenvalue weighted by atomic mass is 16.3. The number of amides is 2. The van der Waals surface area contributed by atoms with Gasteiger partial charge >= 0.3 is 0 Å². The minimum Gasteiger partial charge on any atom is -0.390 e. The molecule has 2 amide bonds. The summed E-state index contributed by atoms with van der Waals surface area (Å²) in [5.74, 6) is -0.217. The zero-order chi connectivity index (χ0) is 22.3. The molecular formula is C23H27N5O3. The summed E-state index contributed by atoms with van der Waals surface area (Å²) in [4.78, 5) is 31.9. The summed E-state index contributed by atoms with van der Waals surface area (Å²) in [7, 11) is 0. The second kappa shape index (κ2) is 7.77. The van der Waals surface area contributed by atoms with Gasteiger partial charge in [0.1, 0.15) is 5.56 Å². The molecule has 31 heavy (non-hydrogen) atoms. The summed E-state index contributed by atoms with van der Waals surface area (Å²) in [6, 6.07) is 5.53. The van der Waals surface area contributed by atoms with Crippen molar-refractivity contribution in [1.29, 1.82) is 0 Å². The number of hydrogen-bond donors (Lipinski definition) is 2. The molecule has 0 saturated heterocycles. The third-order valence-electron chi connectivity index (χ3n) is 5.54. The third-order valence-corrected chi connectivity index (χ3v) is 5.54. The van der Waals surface area contributed by atoms with Crippen molar-refractivity contribution in [2.75, 3.05) is 11.9 Å². The van der Waals surface area contributed by atoms with E-state index in [0.29, 0.717) is 42.0 Å². The zero-order valence-corrected chi connectivity index (χ0v) is 18.2. The highest BCUT2D eigenvalue weighted by Gasteiger charge is 2.30. The number of anilines is 1. The lowest BCUT2D eigenvalue weighted by molar-refractivity contribution is 0.0517. The fourth-order valence-electron chi connectivity index (χ4n) is 3.79.